The number of halogens is 1. The number of ether oxygens (including phenoxy) is 3. The second-order valence-electron chi connectivity index (χ2n) is 5.89. The van der Waals surface area contributed by atoms with Gasteiger partial charge in [-0.05, 0) is 48.2 Å². The van der Waals surface area contributed by atoms with E-state index in [0.717, 1.165) is 21.7 Å². The zero-order chi connectivity index (χ0) is 19.1. The smallest absolute Gasteiger partial charge is 0.220 e. The Kier molecular flexibility index (Phi) is 7.16. The van der Waals surface area contributed by atoms with E-state index < -0.39 is 0 Å². The average molecular weight is 378 g/mol. The quantitative estimate of drug-likeness (QED) is 0.757. The van der Waals surface area contributed by atoms with Gasteiger partial charge in [0.05, 0.1) is 21.3 Å². The number of nitrogens with one attached hydrogen (secondary N) is 1. The molecule has 0 spiro atoms. The van der Waals surface area contributed by atoms with Gasteiger partial charge in [-0.2, -0.15) is 0 Å². The van der Waals surface area contributed by atoms with E-state index in [0.29, 0.717) is 36.6 Å². The largest absolute Gasteiger partial charge is 0.493 e. The van der Waals surface area contributed by atoms with Crippen molar-refractivity contribution in [2.45, 2.75) is 26.3 Å². The Morgan fingerprint density at radius 1 is 1.00 bits per heavy atom. The van der Waals surface area contributed by atoms with Gasteiger partial charge in [-0.15, -0.1) is 0 Å². The molecule has 2 rings (SSSR count). The molecule has 6 heteroatoms. The van der Waals surface area contributed by atoms with Crippen molar-refractivity contribution in [1.82, 2.24) is 5.32 Å². The number of hydrogen-bond donors (Lipinski definition) is 1. The third kappa shape index (κ3) is 5.05. The summed E-state index contributed by atoms with van der Waals surface area (Å²) >= 11 is 6.12. The zero-order valence-electron chi connectivity index (χ0n) is 15.5. The minimum atomic E-state index is -0.0320. The lowest BCUT2D eigenvalue weighted by Gasteiger charge is -2.14. The molecule has 140 valence electrons. The lowest BCUT2D eigenvalue weighted by Crippen LogP contribution is -2.23. The van der Waals surface area contributed by atoms with E-state index in [1.165, 1.54) is 0 Å². The molecule has 0 bridgehead atoms. The van der Waals surface area contributed by atoms with Gasteiger partial charge in [0.15, 0.2) is 11.5 Å². The van der Waals surface area contributed by atoms with Crippen molar-refractivity contribution in [3.63, 3.8) is 0 Å². The van der Waals surface area contributed by atoms with Crippen molar-refractivity contribution >= 4 is 17.5 Å². The topological polar surface area (TPSA) is 56.8 Å². The molecule has 0 atom stereocenters. The Labute approximate surface area is 159 Å². The maximum Gasteiger partial charge on any atom is 0.220 e. The first kappa shape index (κ1) is 19.9. The predicted octanol–water partition coefficient (Wildman–Crippen LogP) is 3.92. The number of hydrogen-bond acceptors (Lipinski definition) is 4. The van der Waals surface area contributed by atoms with Crippen molar-refractivity contribution in [1.29, 1.82) is 0 Å². The zero-order valence-corrected chi connectivity index (χ0v) is 16.3. The Hall–Kier alpha value is -2.40. The third-order valence-corrected chi connectivity index (χ3v) is 4.50. The van der Waals surface area contributed by atoms with Crippen LogP contribution in [0.25, 0.3) is 0 Å². The number of carbonyl (C=O) groups excluding carboxylic acids is 1. The maximum absolute atomic E-state index is 12.1. The summed E-state index contributed by atoms with van der Waals surface area (Å²) in [5, 5.41) is 3.63. The molecule has 0 radical (unpaired) electrons. The molecular formula is C20H24ClNO4. The van der Waals surface area contributed by atoms with Gasteiger partial charge >= 0.3 is 0 Å². The number of amides is 1. The summed E-state index contributed by atoms with van der Waals surface area (Å²) in [6.45, 7) is 2.33. The third-order valence-electron chi connectivity index (χ3n) is 4.09. The van der Waals surface area contributed by atoms with Crippen LogP contribution in [0.1, 0.15) is 23.1 Å². The fourth-order valence-electron chi connectivity index (χ4n) is 2.58. The summed E-state index contributed by atoms with van der Waals surface area (Å²) < 4.78 is 15.9. The highest BCUT2D eigenvalue weighted by Crippen LogP contribution is 2.38. The second kappa shape index (κ2) is 9.34. The van der Waals surface area contributed by atoms with Gasteiger partial charge in [-0.25, -0.2) is 0 Å². The molecule has 0 saturated carbocycles. The summed E-state index contributed by atoms with van der Waals surface area (Å²) in [7, 11) is 4.68. The predicted molar refractivity (Wildman–Crippen MR) is 102 cm³/mol. The van der Waals surface area contributed by atoms with E-state index in [-0.39, 0.29) is 5.91 Å². The van der Waals surface area contributed by atoms with E-state index in [9.17, 15) is 4.79 Å². The molecule has 5 nitrogen and oxygen atoms in total. The van der Waals surface area contributed by atoms with Crippen molar-refractivity contribution < 1.29 is 19.0 Å². The van der Waals surface area contributed by atoms with Crippen LogP contribution in [0.4, 0.5) is 0 Å². The lowest BCUT2D eigenvalue weighted by atomic mass is 10.1. The van der Waals surface area contributed by atoms with E-state index in [1.807, 2.05) is 37.3 Å². The van der Waals surface area contributed by atoms with Crippen LogP contribution in [0.2, 0.25) is 5.02 Å². The molecule has 0 heterocycles. The van der Waals surface area contributed by atoms with Gasteiger partial charge < -0.3 is 19.5 Å². The van der Waals surface area contributed by atoms with Gasteiger partial charge in [-0.1, -0.05) is 23.7 Å². The number of aryl methyl sites for hydroxylation is 2. The molecule has 0 aromatic heterocycles. The minimum Gasteiger partial charge on any atom is -0.493 e. The summed E-state index contributed by atoms with van der Waals surface area (Å²) in [6.07, 6.45) is 1.03. The van der Waals surface area contributed by atoms with Crippen LogP contribution in [0.5, 0.6) is 17.2 Å². The standard InChI is InChI=1S/C20H24ClNO4/c1-13-5-6-14(9-16(13)21)7-8-19(23)22-12-15-10-17(24-2)20(26-4)18(11-15)25-3/h5-6,9-11H,7-8,12H2,1-4H3,(H,22,23). The van der Waals surface area contributed by atoms with Crippen molar-refractivity contribution in [2.75, 3.05) is 21.3 Å². The fourth-order valence-corrected chi connectivity index (χ4v) is 2.78. The average Bonchev–Trinajstić information content (AvgIpc) is 2.66. The molecule has 2 aromatic rings. The van der Waals surface area contributed by atoms with Crippen LogP contribution in [0.15, 0.2) is 30.3 Å². The highest BCUT2D eigenvalue weighted by atomic mass is 35.5. The summed E-state index contributed by atoms with van der Waals surface area (Å²) in [4.78, 5) is 12.1. The summed E-state index contributed by atoms with van der Waals surface area (Å²) in [5.74, 6) is 1.62. The first-order valence-electron chi connectivity index (χ1n) is 8.29. The molecule has 0 aliphatic heterocycles. The number of rotatable bonds is 8. The molecule has 2 aromatic carbocycles. The van der Waals surface area contributed by atoms with E-state index in [1.54, 1.807) is 21.3 Å². The minimum absolute atomic E-state index is 0.0320. The van der Waals surface area contributed by atoms with Crippen LogP contribution in [-0.4, -0.2) is 27.2 Å². The van der Waals surface area contributed by atoms with Crippen LogP contribution in [0.3, 0.4) is 0 Å². The number of carbonyl (C=O) groups is 1. The maximum atomic E-state index is 12.1. The van der Waals surface area contributed by atoms with E-state index in [4.69, 9.17) is 25.8 Å². The van der Waals surface area contributed by atoms with Gasteiger partial charge in [0.2, 0.25) is 11.7 Å². The molecular weight excluding hydrogens is 354 g/mol. The van der Waals surface area contributed by atoms with Crippen LogP contribution in [0, 0.1) is 6.92 Å². The molecule has 1 amide bonds. The van der Waals surface area contributed by atoms with Gasteiger partial charge in [0.1, 0.15) is 0 Å². The van der Waals surface area contributed by atoms with Gasteiger partial charge in [-0.3, -0.25) is 4.79 Å². The summed E-state index contributed by atoms with van der Waals surface area (Å²) in [6, 6.07) is 9.51. The van der Waals surface area contributed by atoms with Crippen molar-refractivity contribution in [3.8, 4) is 17.2 Å². The second-order valence-corrected chi connectivity index (χ2v) is 6.30. The molecule has 0 aliphatic rings. The van der Waals surface area contributed by atoms with Gasteiger partial charge in [0, 0.05) is 18.0 Å². The van der Waals surface area contributed by atoms with Crippen molar-refractivity contribution in [2.24, 2.45) is 0 Å². The first-order valence-corrected chi connectivity index (χ1v) is 8.67. The highest BCUT2D eigenvalue weighted by Gasteiger charge is 2.13. The van der Waals surface area contributed by atoms with Crippen molar-refractivity contribution in [3.05, 3.63) is 52.0 Å². The molecule has 0 unspecified atom stereocenters. The van der Waals surface area contributed by atoms with Crippen LogP contribution < -0.4 is 19.5 Å². The lowest BCUT2D eigenvalue weighted by molar-refractivity contribution is -0.121. The van der Waals surface area contributed by atoms with Gasteiger partial charge in [0.25, 0.3) is 0 Å². The number of benzene rings is 2. The molecule has 0 fully saturated rings. The SMILES string of the molecule is COc1cc(CNC(=O)CCc2ccc(C)c(Cl)c2)cc(OC)c1OC. The van der Waals surface area contributed by atoms with E-state index >= 15 is 0 Å². The van der Waals surface area contributed by atoms with Crippen LogP contribution in [-0.2, 0) is 17.8 Å². The molecule has 1 N–H and O–H groups in total. The normalized spacial score (nSPS) is 10.3. The Morgan fingerprint density at radius 2 is 1.65 bits per heavy atom. The fraction of sp³-hybridized carbons (Fsp3) is 0.350. The van der Waals surface area contributed by atoms with E-state index in [2.05, 4.69) is 5.32 Å². The molecule has 0 aliphatic carbocycles. The Bertz CT molecular complexity index is 751. The Morgan fingerprint density at radius 3 is 2.19 bits per heavy atom. The molecule has 0 saturated heterocycles. The highest BCUT2D eigenvalue weighted by molar-refractivity contribution is 6.31. The first-order chi connectivity index (χ1) is 12.5. The number of methoxy groups -OCH3 is 3. The monoisotopic (exact) mass is 377 g/mol. The van der Waals surface area contributed by atoms with Crippen LogP contribution >= 0.6 is 11.6 Å². The summed E-state index contributed by atoms with van der Waals surface area (Å²) in [5.41, 5.74) is 2.94. The molecule has 26 heavy (non-hydrogen) atoms. The Balaban J connectivity index is 1.95.